The van der Waals surface area contributed by atoms with Gasteiger partial charge in [-0.05, 0) is 29.8 Å². The highest BCUT2D eigenvalue weighted by atomic mass is 35.5. The van der Waals surface area contributed by atoms with Crippen LogP contribution in [0.1, 0.15) is 16.1 Å². The maximum absolute atomic E-state index is 13.1. The largest absolute Gasteiger partial charge is 0.464 e. The van der Waals surface area contributed by atoms with Gasteiger partial charge in [-0.25, -0.2) is 27.3 Å². The van der Waals surface area contributed by atoms with Crippen LogP contribution in [-0.2, 0) is 21.3 Å². The number of hydrogen-bond acceptors (Lipinski definition) is 5. The summed E-state index contributed by atoms with van der Waals surface area (Å²) >= 11 is 5.58. The van der Waals surface area contributed by atoms with Crippen LogP contribution in [-0.4, -0.2) is 26.5 Å². The zero-order valence-electron chi connectivity index (χ0n) is 11.9. The molecule has 122 valence electrons. The van der Waals surface area contributed by atoms with Crippen LogP contribution < -0.4 is 4.72 Å². The highest BCUT2D eigenvalue weighted by molar-refractivity contribution is 7.89. The molecule has 0 unspecified atom stereocenters. The summed E-state index contributed by atoms with van der Waals surface area (Å²) in [6.45, 7) is -0.0498. The number of pyridine rings is 1. The van der Waals surface area contributed by atoms with Crippen LogP contribution >= 0.6 is 11.6 Å². The van der Waals surface area contributed by atoms with E-state index in [0.29, 0.717) is 5.56 Å². The Morgan fingerprint density at radius 1 is 1.35 bits per heavy atom. The number of hydrogen-bond donors (Lipinski definition) is 1. The minimum atomic E-state index is -3.85. The highest BCUT2D eigenvalue weighted by Gasteiger charge is 2.16. The van der Waals surface area contributed by atoms with E-state index in [1.54, 1.807) is 6.07 Å². The predicted octanol–water partition coefficient (Wildman–Crippen LogP) is 2.14. The summed E-state index contributed by atoms with van der Waals surface area (Å²) in [4.78, 5) is 15.0. The first-order valence-corrected chi connectivity index (χ1v) is 8.17. The van der Waals surface area contributed by atoms with Crippen molar-refractivity contribution in [3.63, 3.8) is 0 Å². The normalized spacial score (nSPS) is 11.3. The quantitative estimate of drug-likeness (QED) is 0.828. The number of esters is 1. The molecule has 2 rings (SSSR count). The average Bonchev–Trinajstić information content (AvgIpc) is 2.55. The second-order valence-corrected chi connectivity index (χ2v) is 6.62. The second kappa shape index (κ2) is 7.03. The van der Waals surface area contributed by atoms with E-state index < -0.39 is 21.8 Å². The fourth-order valence-electron chi connectivity index (χ4n) is 1.66. The summed E-state index contributed by atoms with van der Waals surface area (Å²) in [5.41, 5.74) is 0.652. The molecular formula is C14H12ClFN2O4S. The van der Waals surface area contributed by atoms with Crippen LogP contribution in [0.3, 0.4) is 0 Å². The molecule has 9 heteroatoms. The molecule has 0 bridgehead atoms. The molecule has 0 amide bonds. The first kappa shape index (κ1) is 17.3. The molecule has 0 aliphatic heterocycles. The number of halogens is 2. The topological polar surface area (TPSA) is 85.4 Å². The van der Waals surface area contributed by atoms with Crippen molar-refractivity contribution >= 4 is 27.6 Å². The molecule has 0 atom stereocenters. The number of carbonyl (C=O) groups excluding carboxylic acids is 1. The lowest BCUT2D eigenvalue weighted by molar-refractivity contribution is 0.0594. The lowest BCUT2D eigenvalue weighted by Gasteiger charge is -2.08. The SMILES string of the molecule is COC(=O)c1ccc(CNS(=O)(=O)c2ccc(F)c(Cl)c2)cn1. The standard InChI is InChI=1S/C14H12ClFN2O4S/c1-22-14(19)13-5-2-9(7-17-13)8-18-23(20,21)10-3-4-12(16)11(15)6-10/h2-7,18H,8H2,1H3. The average molecular weight is 359 g/mol. The number of carbonyl (C=O) groups is 1. The maximum Gasteiger partial charge on any atom is 0.356 e. The number of sulfonamides is 1. The van der Waals surface area contributed by atoms with Gasteiger partial charge in [0.1, 0.15) is 11.5 Å². The Morgan fingerprint density at radius 3 is 2.65 bits per heavy atom. The minimum Gasteiger partial charge on any atom is -0.464 e. The number of rotatable bonds is 5. The summed E-state index contributed by atoms with van der Waals surface area (Å²) in [7, 11) is -2.61. The molecule has 0 saturated carbocycles. The van der Waals surface area contributed by atoms with Crippen molar-refractivity contribution in [3.05, 3.63) is 58.6 Å². The van der Waals surface area contributed by atoms with Crippen LogP contribution in [0.5, 0.6) is 0 Å². The predicted molar refractivity (Wildman–Crippen MR) is 81.0 cm³/mol. The molecule has 1 aromatic heterocycles. The van der Waals surface area contributed by atoms with Crippen LogP contribution in [0.25, 0.3) is 0 Å². The molecule has 1 aromatic carbocycles. The zero-order valence-corrected chi connectivity index (χ0v) is 13.5. The Balaban J connectivity index is 2.09. The van der Waals surface area contributed by atoms with E-state index in [4.69, 9.17) is 11.6 Å². The molecule has 0 aliphatic carbocycles. The monoisotopic (exact) mass is 358 g/mol. The number of nitrogens with zero attached hydrogens (tertiary/aromatic N) is 1. The van der Waals surface area contributed by atoms with Crippen LogP contribution in [0.2, 0.25) is 5.02 Å². The number of ether oxygens (including phenoxy) is 1. The third-order valence-corrected chi connectivity index (χ3v) is 4.58. The fraction of sp³-hybridized carbons (Fsp3) is 0.143. The van der Waals surface area contributed by atoms with Crippen LogP contribution in [0.15, 0.2) is 41.4 Å². The van der Waals surface area contributed by atoms with E-state index in [2.05, 4.69) is 14.4 Å². The molecule has 6 nitrogen and oxygen atoms in total. The molecule has 1 heterocycles. The van der Waals surface area contributed by atoms with Gasteiger partial charge in [0.15, 0.2) is 0 Å². The van der Waals surface area contributed by atoms with E-state index >= 15 is 0 Å². The third-order valence-electron chi connectivity index (χ3n) is 2.89. The van der Waals surface area contributed by atoms with Crippen molar-refractivity contribution < 1.29 is 22.3 Å². The Kier molecular flexibility index (Phi) is 5.30. The summed E-state index contributed by atoms with van der Waals surface area (Å²) in [6.07, 6.45) is 1.35. The molecule has 0 radical (unpaired) electrons. The molecule has 0 spiro atoms. The van der Waals surface area contributed by atoms with Gasteiger partial charge in [0.2, 0.25) is 10.0 Å². The second-order valence-electron chi connectivity index (χ2n) is 4.44. The number of nitrogens with one attached hydrogen (secondary N) is 1. The van der Waals surface area contributed by atoms with E-state index in [9.17, 15) is 17.6 Å². The van der Waals surface area contributed by atoms with Crippen molar-refractivity contribution in [3.8, 4) is 0 Å². The van der Waals surface area contributed by atoms with E-state index in [1.165, 1.54) is 19.4 Å². The van der Waals surface area contributed by atoms with Gasteiger partial charge in [0.25, 0.3) is 0 Å². The summed E-state index contributed by atoms with van der Waals surface area (Å²) in [6, 6.07) is 6.08. The van der Waals surface area contributed by atoms with Crippen LogP contribution in [0.4, 0.5) is 4.39 Å². The Hall–Kier alpha value is -2.03. The first-order chi connectivity index (χ1) is 10.8. The van der Waals surface area contributed by atoms with Gasteiger partial charge >= 0.3 is 5.97 Å². The Labute approximate surface area is 137 Å². The fourth-order valence-corrected chi connectivity index (χ4v) is 2.95. The summed E-state index contributed by atoms with van der Waals surface area (Å²) in [5.74, 6) is -1.29. The third kappa shape index (κ3) is 4.25. The van der Waals surface area contributed by atoms with Crippen molar-refractivity contribution in [2.75, 3.05) is 7.11 Å². The van der Waals surface area contributed by atoms with Gasteiger partial charge in [0.05, 0.1) is 17.0 Å². The molecule has 0 aliphatic rings. The highest BCUT2D eigenvalue weighted by Crippen LogP contribution is 2.19. The smallest absolute Gasteiger partial charge is 0.356 e. The van der Waals surface area contributed by atoms with Crippen molar-refractivity contribution in [2.24, 2.45) is 0 Å². The van der Waals surface area contributed by atoms with Gasteiger partial charge in [0, 0.05) is 12.7 Å². The lowest BCUT2D eigenvalue weighted by atomic mass is 10.2. The summed E-state index contributed by atoms with van der Waals surface area (Å²) < 4.78 is 44.1. The number of aromatic nitrogens is 1. The molecule has 2 aromatic rings. The van der Waals surface area contributed by atoms with Gasteiger partial charge < -0.3 is 4.74 Å². The number of methoxy groups -OCH3 is 1. The van der Waals surface area contributed by atoms with E-state index in [1.807, 2.05) is 0 Å². The zero-order chi connectivity index (χ0) is 17.0. The van der Waals surface area contributed by atoms with Crippen molar-refractivity contribution in [2.45, 2.75) is 11.4 Å². The van der Waals surface area contributed by atoms with Crippen molar-refractivity contribution in [1.82, 2.24) is 9.71 Å². The molecule has 23 heavy (non-hydrogen) atoms. The van der Waals surface area contributed by atoms with Crippen LogP contribution in [0, 0.1) is 5.82 Å². The maximum atomic E-state index is 13.1. The summed E-state index contributed by atoms with van der Waals surface area (Å²) in [5, 5.41) is -0.281. The van der Waals surface area contributed by atoms with Gasteiger partial charge in [-0.1, -0.05) is 17.7 Å². The van der Waals surface area contributed by atoms with E-state index in [0.717, 1.165) is 18.2 Å². The molecule has 0 saturated heterocycles. The minimum absolute atomic E-state index is 0.0498. The Morgan fingerprint density at radius 2 is 2.09 bits per heavy atom. The lowest BCUT2D eigenvalue weighted by Crippen LogP contribution is -2.23. The number of benzene rings is 1. The molecular weight excluding hydrogens is 347 g/mol. The molecule has 0 fully saturated rings. The van der Waals surface area contributed by atoms with E-state index in [-0.39, 0.29) is 22.2 Å². The van der Waals surface area contributed by atoms with Gasteiger partial charge in [-0.2, -0.15) is 0 Å². The Bertz CT molecular complexity index is 825. The van der Waals surface area contributed by atoms with Gasteiger partial charge in [-0.15, -0.1) is 0 Å². The molecule has 1 N–H and O–H groups in total. The van der Waals surface area contributed by atoms with Crippen molar-refractivity contribution in [1.29, 1.82) is 0 Å². The first-order valence-electron chi connectivity index (χ1n) is 6.31. The van der Waals surface area contributed by atoms with Gasteiger partial charge in [-0.3, -0.25) is 0 Å².